The SMILES string of the molecule is CNC(=O)c1cnc(Cl)cc1N[C@H]1CCCC(C(=O)OC(C)(C)C)CC1. The molecule has 1 aliphatic rings. The standard InChI is InChI=1S/C19H28ClN3O3/c1-19(2,3)26-18(25)12-6-5-7-13(9-8-12)23-15-10-16(20)22-11-14(15)17(24)21-4/h10-13H,5-9H2,1-4H3,(H,21,24)(H,22,23)/t12?,13-/m0/s1. The second-order valence-corrected chi connectivity index (χ2v) is 8.10. The third-order valence-electron chi connectivity index (χ3n) is 4.41. The molecule has 2 N–H and O–H groups in total. The summed E-state index contributed by atoms with van der Waals surface area (Å²) in [5, 5.41) is 6.36. The summed E-state index contributed by atoms with van der Waals surface area (Å²) in [7, 11) is 1.58. The summed E-state index contributed by atoms with van der Waals surface area (Å²) in [6, 6.07) is 1.84. The molecule has 144 valence electrons. The van der Waals surface area contributed by atoms with E-state index >= 15 is 0 Å². The van der Waals surface area contributed by atoms with E-state index in [1.165, 1.54) is 6.20 Å². The lowest BCUT2D eigenvalue weighted by atomic mass is 10.00. The number of amides is 1. The Labute approximate surface area is 160 Å². The van der Waals surface area contributed by atoms with Gasteiger partial charge in [-0.15, -0.1) is 0 Å². The number of esters is 1. The third kappa shape index (κ3) is 5.87. The smallest absolute Gasteiger partial charge is 0.309 e. The Hall–Kier alpha value is -1.82. The molecular weight excluding hydrogens is 354 g/mol. The maximum absolute atomic E-state index is 12.3. The largest absolute Gasteiger partial charge is 0.460 e. The van der Waals surface area contributed by atoms with Gasteiger partial charge in [-0.2, -0.15) is 0 Å². The van der Waals surface area contributed by atoms with Gasteiger partial charge in [0.1, 0.15) is 10.8 Å². The Morgan fingerprint density at radius 3 is 2.62 bits per heavy atom. The number of nitrogens with one attached hydrogen (secondary N) is 2. The van der Waals surface area contributed by atoms with Crippen molar-refractivity contribution in [1.29, 1.82) is 0 Å². The van der Waals surface area contributed by atoms with E-state index in [0.29, 0.717) is 16.4 Å². The predicted octanol–water partition coefficient (Wildman–Crippen LogP) is 3.80. The van der Waals surface area contributed by atoms with Crippen LogP contribution in [0.15, 0.2) is 12.3 Å². The molecule has 0 radical (unpaired) electrons. The van der Waals surface area contributed by atoms with E-state index in [9.17, 15) is 9.59 Å². The molecule has 1 aromatic rings. The summed E-state index contributed by atoms with van der Waals surface area (Å²) in [4.78, 5) is 28.4. The normalized spacial score (nSPS) is 20.8. The second-order valence-electron chi connectivity index (χ2n) is 7.71. The van der Waals surface area contributed by atoms with Crippen LogP contribution in [0.5, 0.6) is 0 Å². The highest BCUT2D eigenvalue weighted by atomic mass is 35.5. The summed E-state index contributed by atoms with van der Waals surface area (Å²) in [6.07, 6.45) is 5.75. The summed E-state index contributed by atoms with van der Waals surface area (Å²) >= 11 is 6.00. The molecule has 1 fully saturated rings. The van der Waals surface area contributed by atoms with Gasteiger partial charge in [0, 0.05) is 19.3 Å². The number of aromatic nitrogens is 1. The molecule has 0 aromatic carbocycles. The van der Waals surface area contributed by atoms with E-state index in [2.05, 4.69) is 15.6 Å². The van der Waals surface area contributed by atoms with Crippen LogP contribution < -0.4 is 10.6 Å². The van der Waals surface area contributed by atoms with Crippen LogP contribution in [0.3, 0.4) is 0 Å². The van der Waals surface area contributed by atoms with Crippen LogP contribution in [0, 0.1) is 5.92 Å². The first-order chi connectivity index (χ1) is 12.2. The topological polar surface area (TPSA) is 80.3 Å². The van der Waals surface area contributed by atoms with Crippen LogP contribution in [0.1, 0.15) is 63.2 Å². The van der Waals surface area contributed by atoms with E-state index in [1.54, 1.807) is 13.1 Å². The van der Waals surface area contributed by atoms with Crippen molar-refractivity contribution in [2.75, 3.05) is 12.4 Å². The number of nitrogens with zero attached hydrogens (tertiary/aromatic N) is 1. The second kappa shape index (κ2) is 8.71. The van der Waals surface area contributed by atoms with Gasteiger partial charge in [0.25, 0.3) is 5.91 Å². The Bertz CT molecular complexity index is 658. The van der Waals surface area contributed by atoms with Crippen molar-refractivity contribution in [3.63, 3.8) is 0 Å². The monoisotopic (exact) mass is 381 g/mol. The van der Waals surface area contributed by atoms with Crippen LogP contribution >= 0.6 is 11.6 Å². The van der Waals surface area contributed by atoms with Gasteiger partial charge in [0.15, 0.2) is 0 Å². The van der Waals surface area contributed by atoms with Crippen LogP contribution in [0.4, 0.5) is 5.69 Å². The molecule has 1 unspecified atom stereocenters. The van der Waals surface area contributed by atoms with Crippen molar-refractivity contribution >= 4 is 29.2 Å². The van der Waals surface area contributed by atoms with Gasteiger partial charge in [-0.1, -0.05) is 18.0 Å². The molecule has 7 heteroatoms. The number of anilines is 1. The van der Waals surface area contributed by atoms with Gasteiger partial charge in [0.2, 0.25) is 0 Å². The Morgan fingerprint density at radius 1 is 1.23 bits per heavy atom. The van der Waals surface area contributed by atoms with Crippen molar-refractivity contribution in [1.82, 2.24) is 10.3 Å². The van der Waals surface area contributed by atoms with Crippen LogP contribution in [0.25, 0.3) is 0 Å². The first-order valence-electron chi connectivity index (χ1n) is 9.06. The van der Waals surface area contributed by atoms with Gasteiger partial charge in [-0.25, -0.2) is 4.98 Å². The zero-order chi connectivity index (χ0) is 19.3. The molecule has 2 atom stereocenters. The number of hydrogen-bond acceptors (Lipinski definition) is 5. The fraction of sp³-hybridized carbons (Fsp3) is 0.632. The molecule has 26 heavy (non-hydrogen) atoms. The molecular formula is C19H28ClN3O3. The molecule has 1 aliphatic carbocycles. The highest BCUT2D eigenvalue weighted by Gasteiger charge is 2.28. The van der Waals surface area contributed by atoms with E-state index in [-0.39, 0.29) is 23.8 Å². The third-order valence-corrected chi connectivity index (χ3v) is 4.62. The van der Waals surface area contributed by atoms with E-state index in [0.717, 1.165) is 32.1 Å². The van der Waals surface area contributed by atoms with Gasteiger partial charge >= 0.3 is 5.97 Å². The molecule has 0 spiro atoms. The summed E-state index contributed by atoms with van der Waals surface area (Å²) in [5.41, 5.74) is 0.673. The lowest BCUT2D eigenvalue weighted by Gasteiger charge is -2.23. The summed E-state index contributed by atoms with van der Waals surface area (Å²) in [5.74, 6) is -0.395. The van der Waals surface area contributed by atoms with Crippen molar-refractivity contribution < 1.29 is 14.3 Å². The van der Waals surface area contributed by atoms with Crippen molar-refractivity contribution in [3.05, 3.63) is 23.0 Å². The van der Waals surface area contributed by atoms with Crippen LogP contribution in [-0.2, 0) is 9.53 Å². The van der Waals surface area contributed by atoms with Crippen molar-refractivity contribution in [3.8, 4) is 0 Å². The highest BCUT2D eigenvalue weighted by Crippen LogP contribution is 2.29. The fourth-order valence-corrected chi connectivity index (χ4v) is 3.31. The first-order valence-corrected chi connectivity index (χ1v) is 9.44. The van der Waals surface area contributed by atoms with Crippen molar-refractivity contribution in [2.24, 2.45) is 5.92 Å². The number of rotatable bonds is 4. The summed E-state index contributed by atoms with van der Waals surface area (Å²) in [6.45, 7) is 5.67. The van der Waals surface area contributed by atoms with E-state index in [1.807, 2.05) is 20.8 Å². The molecule has 2 rings (SSSR count). The molecule has 1 amide bonds. The van der Waals surface area contributed by atoms with Gasteiger partial charge < -0.3 is 15.4 Å². The minimum atomic E-state index is -0.461. The molecule has 6 nitrogen and oxygen atoms in total. The zero-order valence-electron chi connectivity index (χ0n) is 15.9. The van der Waals surface area contributed by atoms with Gasteiger partial charge in [-0.05, 0) is 52.5 Å². The highest BCUT2D eigenvalue weighted by molar-refractivity contribution is 6.29. The molecule has 0 saturated heterocycles. The summed E-state index contributed by atoms with van der Waals surface area (Å²) < 4.78 is 5.53. The number of carbonyl (C=O) groups is 2. The number of ether oxygens (including phenoxy) is 1. The first kappa shape index (κ1) is 20.5. The Kier molecular flexibility index (Phi) is 6.87. The maximum Gasteiger partial charge on any atom is 0.309 e. The predicted molar refractivity (Wildman–Crippen MR) is 102 cm³/mol. The average Bonchev–Trinajstić information content (AvgIpc) is 2.78. The van der Waals surface area contributed by atoms with Crippen LogP contribution in [-0.4, -0.2) is 35.6 Å². The van der Waals surface area contributed by atoms with Gasteiger partial charge in [-0.3, -0.25) is 9.59 Å². The van der Waals surface area contributed by atoms with Crippen molar-refractivity contribution in [2.45, 2.75) is 64.5 Å². The molecule has 0 bridgehead atoms. The maximum atomic E-state index is 12.3. The molecule has 1 saturated carbocycles. The average molecular weight is 382 g/mol. The minimum absolute atomic E-state index is 0.0690. The van der Waals surface area contributed by atoms with E-state index in [4.69, 9.17) is 16.3 Å². The zero-order valence-corrected chi connectivity index (χ0v) is 16.7. The number of pyridine rings is 1. The Balaban J connectivity index is 2.03. The molecule has 1 heterocycles. The lowest BCUT2D eigenvalue weighted by molar-refractivity contribution is -0.160. The van der Waals surface area contributed by atoms with Crippen LogP contribution in [0.2, 0.25) is 5.15 Å². The number of carbonyl (C=O) groups excluding carboxylic acids is 2. The lowest BCUT2D eigenvalue weighted by Crippen LogP contribution is -2.29. The number of hydrogen-bond donors (Lipinski definition) is 2. The molecule has 0 aliphatic heterocycles. The van der Waals surface area contributed by atoms with Gasteiger partial charge in [0.05, 0.1) is 17.2 Å². The molecule has 1 aromatic heterocycles. The number of halogens is 1. The fourth-order valence-electron chi connectivity index (χ4n) is 3.15. The quantitative estimate of drug-likeness (QED) is 0.471. The Morgan fingerprint density at radius 2 is 1.96 bits per heavy atom. The van der Waals surface area contributed by atoms with E-state index < -0.39 is 5.60 Å². The minimum Gasteiger partial charge on any atom is -0.460 e.